The number of carbonyl (C=O) groups excluding carboxylic acids is 1. The average Bonchev–Trinajstić information content (AvgIpc) is 2.72. The zero-order valence-electron chi connectivity index (χ0n) is 15.6. The molecule has 7 heteroatoms. The number of rotatable bonds is 7. The Kier molecular flexibility index (Phi) is 6.19. The Labute approximate surface area is 166 Å². The van der Waals surface area contributed by atoms with Crippen LogP contribution in [0.1, 0.15) is 24.0 Å². The van der Waals surface area contributed by atoms with Crippen molar-refractivity contribution in [3.05, 3.63) is 99.9 Å². The minimum atomic E-state index is -0.894. The largest absolute Gasteiger partial charge is 0.426 e. The Hall–Kier alpha value is -3.74. The Bertz CT molecular complexity index is 1020. The van der Waals surface area contributed by atoms with Crippen molar-refractivity contribution in [3.63, 3.8) is 0 Å². The van der Waals surface area contributed by atoms with Gasteiger partial charge in [0.1, 0.15) is 18.2 Å². The second kappa shape index (κ2) is 8.97. The molecule has 0 heterocycles. The van der Waals surface area contributed by atoms with Crippen molar-refractivity contribution >= 4 is 5.97 Å². The monoisotopic (exact) mass is 395 g/mol. The topological polar surface area (TPSA) is 78.7 Å². The van der Waals surface area contributed by atoms with Gasteiger partial charge in [-0.1, -0.05) is 54.6 Å². The first-order chi connectivity index (χ1) is 13.9. The maximum absolute atomic E-state index is 14.6. The fourth-order valence-electron chi connectivity index (χ4n) is 2.82. The number of esters is 1. The van der Waals surface area contributed by atoms with Gasteiger partial charge >= 0.3 is 5.97 Å². The fourth-order valence-corrected chi connectivity index (χ4v) is 2.82. The fraction of sp³-hybridized carbons (Fsp3) is 0.136. The number of benzene rings is 3. The van der Waals surface area contributed by atoms with Crippen LogP contribution in [-0.4, -0.2) is 11.1 Å². The summed E-state index contributed by atoms with van der Waals surface area (Å²) in [6.45, 7) is 1.37. The highest BCUT2D eigenvalue weighted by Gasteiger charge is 2.19. The van der Waals surface area contributed by atoms with Crippen LogP contribution in [0, 0.1) is 15.9 Å². The van der Waals surface area contributed by atoms with Crippen molar-refractivity contribution in [3.8, 4) is 16.9 Å². The molecule has 0 spiro atoms. The molecule has 0 aliphatic rings. The van der Waals surface area contributed by atoms with Gasteiger partial charge in [0.25, 0.3) is 5.09 Å². The summed E-state index contributed by atoms with van der Waals surface area (Å²) in [5.74, 6) is -1.46. The molecule has 0 saturated carbocycles. The summed E-state index contributed by atoms with van der Waals surface area (Å²) >= 11 is 0. The van der Waals surface area contributed by atoms with E-state index in [2.05, 4.69) is 4.84 Å². The van der Waals surface area contributed by atoms with Gasteiger partial charge < -0.3 is 9.57 Å². The van der Waals surface area contributed by atoms with Crippen LogP contribution in [0.3, 0.4) is 0 Å². The number of halogens is 1. The van der Waals surface area contributed by atoms with Gasteiger partial charge in [0.2, 0.25) is 0 Å². The summed E-state index contributed by atoms with van der Waals surface area (Å²) in [7, 11) is 0. The molecule has 0 amide bonds. The van der Waals surface area contributed by atoms with Crippen LogP contribution in [0.5, 0.6) is 5.75 Å². The lowest BCUT2D eigenvalue weighted by Gasteiger charge is -2.13. The lowest BCUT2D eigenvalue weighted by atomic mass is 9.97. The van der Waals surface area contributed by atoms with Crippen LogP contribution in [0.25, 0.3) is 11.1 Å². The predicted octanol–water partition coefficient (Wildman–Crippen LogP) is 4.91. The lowest BCUT2D eigenvalue weighted by molar-refractivity contribution is -0.763. The molecule has 0 aliphatic carbocycles. The molecule has 0 aliphatic heterocycles. The maximum Gasteiger partial charge on any atom is 0.318 e. The SMILES string of the molecule is CC(C(=O)Oc1cccc(CO[N+](=O)[O-])c1)c1ccc(-c2ccccc2)c(F)c1. The highest BCUT2D eigenvalue weighted by molar-refractivity contribution is 5.80. The van der Waals surface area contributed by atoms with Gasteiger partial charge in [0.15, 0.2) is 0 Å². The van der Waals surface area contributed by atoms with Gasteiger partial charge in [-0.25, -0.2) is 4.39 Å². The highest BCUT2D eigenvalue weighted by atomic mass is 19.1. The zero-order chi connectivity index (χ0) is 20.8. The van der Waals surface area contributed by atoms with E-state index in [9.17, 15) is 19.3 Å². The molecule has 0 bridgehead atoms. The first-order valence-corrected chi connectivity index (χ1v) is 8.87. The average molecular weight is 395 g/mol. The summed E-state index contributed by atoms with van der Waals surface area (Å²) in [6, 6.07) is 20.0. The van der Waals surface area contributed by atoms with Crippen molar-refractivity contribution in [2.75, 3.05) is 0 Å². The van der Waals surface area contributed by atoms with E-state index in [1.54, 1.807) is 37.3 Å². The number of hydrogen-bond acceptors (Lipinski definition) is 5. The molecular weight excluding hydrogens is 377 g/mol. The summed E-state index contributed by atoms with van der Waals surface area (Å²) in [5.41, 5.74) is 2.17. The van der Waals surface area contributed by atoms with Gasteiger partial charge in [-0.2, -0.15) is 0 Å². The zero-order valence-corrected chi connectivity index (χ0v) is 15.6. The molecule has 0 N–H and O–H groups in total. The number of hydrogen-bond donors (Lipinski definition) is 0. The molecule has 3 aromatic rings. The van der Waals surface area contributed by atoms with Crippen LogP contribution in [0.2, 0.25) is 0 Å². The van der Waals surface area contributed by atoms with Crippen molar-refractivity contribution in [1.82, 2.24) is 0 Å². The van der Waals surface area contributed by atoms with Crippen LogP contribution in [0.15, 0.2) is 72.8 Å². The second-order valence-corrected chi connectivity index (χ2v) is 6.39. The molecule has 3 aromatic carbocycles. The minimum Gasteiger partial charge on any atom is -0.426 e. The molecule has 29 heavy (non-hydrogen) atoms. The first-order valence-electron chi connectivity index (χ1n) is 8.87. The molecule has 6 nitrogen and oxygen atoms in total. The van der Waals surface area contributed by atoms with E-state index in [1.165, 1.54) is 12.1 Å². The van der Waals surface area contributed by atoms with E-state index < -0.39 is 22.8 Å². The smallest absolute Gasteiger partial charge is 0.318 e. The Morgan fingerprint density at radius 3 is 2.52 bits per heavy atom. The first kappa shape index (κ1) is 20.0. The van der Waals surface area contributed by atoms with E-state index in [4.69, 9.17) is 4.74 Å². The van der Waals surface area contributed by atoms with Crippen LogP contribution in [-0.2, 0) is 16.2 Å². The summed E-state index contributed by atoms with van der Waals surface area (Å²) in [5, 5.41) is 9.40. The van der Waals surface area contributed by atoms with Crippen LogP contribution < -0.4 is 4.74 Å². The Morgan fingerprint density at radius 2 is 1.83 bits per heavy atom. The second-order valence-electron chi connectivity index (χ2n) is 6.39. The van der Waals surface area contributed by atoms with Gasteiger partial charge in [0.05, 0.1) is 5.92 Å². The molecule has 0 aromatic heterocycles. The van der Waals surface area contributed by atoms with Crippen LogP contribution in [0.4, 0.5) is 4.39 Å². The molecule has 3 rings (SSSR count). The molecule has 1 atom stereocenters. The van der Waals surface area contributed by atoms with Gasteiger partial charge in [-0.3, -0.25) is 4.79 Å². The van der Waals surface area contributed by atoms with Crippen molar-refractivity contribution in [2.24, 2.45) is 0 Å². The molecule has 0 saturated heterocycles. The Morgan fingerprint density at radius 1 is 1.07 bits per heavy atom. The number of nitrogens with zero attached hydrogens (tertiary/aromatic N) is 1. The van der Waals surface area contributed by atoms with Crippen molar-refractivity contribution < 1.29 is 23.8 Å². The maximum atomic E-state index is 14.6. The van der Waals surface area contributed by atoms with Crippen LogP contribution >= 0.6 is 0 Å². The van der Waals surface area contributed by atoms with Gasteiger partial charge in [0, 0.05) is 5.56 Å². The van der Waals surface area contributed by atoms with Crippen molar-refractivity contribution in [1.29, 1.82) is 0 Å². The molecule has 0 radical (unpaired) electrons. The molecule has 148 valence electrons. The van der Waals surface area contributed by atoms with E-state index in [1.807, 2.05) is 30.3 Å². The van der Waals surface area contributed by atoms with Gasteiger partial charge in [-0.15, -0.1) is 10.1 Å². The van der Waals surface area contributed by atoms with E-state index in [0.717, 1.165) is 5.56 Å². The van der Waals surface area contributed by atoms with E-state index >= 15 is 0 Å². The molecular formula is C22H18FNO5. The van der Waals surface area contributed by atoms with Gasteiger partial charge in [-0.05, 0) is 41.8 Å². The minimum absolute atomic E-state index is 0.229. The summed E-state index contributed by atoms with van der Waals surface area (Å²) < 4.78 is 19.9. The standard InChI is InChI=1S/C22H18FNO5/c1-15(18-10-11-20(21(23)13-18)17-7-3-2-4-8-17)22(25)29-19-9-5-6-16(12-19)14-28-24(26)27/h2-13,15H,14H2,1H3. The third-order valence-corrected chi connectivity index (χ3v) is 4.39. The van der Waals surface area contributed by atoms with E-state index in [0.29, 0.717) is 16.7 Å². The Balaban J connectivity index is 1.71. The third-order valence-electron chi connectivity index (χ3n) is 4.39. The normalized spacial score (nSPS) is 11.5. The number of carbonyl (C=O) groups is 1. The predicted molar refractivity (Wildman–Crippen MR) is 104 cm³/mol. The highest BCUT2D eigenvalue weighted by Crippen LogP contribution is 2.27. The van der Waals surface area contributed by atoms with E-state index in [-0.39, 0.29) is 12.4 Å². The lowest BCUT2D eigenvalue weighted by Crippen LogP contribution is -2.16. The number of ether oxygens (including phenoxy) is 1. The molecule has 0 fully saturated rings. The van der Waals surface area contributed by atoms with Crippen molar-refractivity contribution in [2.45, 2.75) is 19.4 Å². The summed E-state index contributed by atoms with van der Waals surface area (Å²) in [4.78, 5) is 27.1. The quantitative estimate of drug-likeness (QED) is 0.246. The third kappa shape index (κ3) is 5.16. The molecule has 1 unspecified atom stereocenters. The summed E-state index contributed by atoms with van der Waals surface area (Å²) in [6.07, 6.45) is 0.